The van der Waals surface area contributed by atoms with Gasteiger partial charge in [-0.1, -0.05) is 84.1 Å². The number of benzene rings is 3. The van der Waals surface area contributed by atoms with Crippen molar-refractivity contribution < 1.29 is 10.2 Å². The Balaban J connectivity index is 1.60. The van der Waals surface area contributed by atoms with Crippen molar-refractivity contribution in [1.29, 1.82) is 0 Å². The summed E-state index contributed by atoms with van der Waals surface area (Å²) in [6, 6.07) is 28.3. The van der Waals surface area contributed by atoms with Gasteiger partial charge < -0.3 is 15.1 Å². The molecule has 0 amide bonds. The smallest absolute Gasteiger partial charge is 0.204 e. The molecule has 0 bridgehead atoms. The highest BCUT2D eigenvalue weighted by molar-refractivity contribution is 7.19. The van der Waals surface area contributed by atoms with Crippen LogP contribution in [0.5, 0.6) is 0 Å². The number of hydrazone groups is 1. The van der Waals surface area contributed by atoms with E-state index in [4.69, 9.17) is 4.98 Å². The number of thiazole rings is 1. The van der Waals surface area contributed by atoms with E-state index in [1.54, 1.807) is 11.3 Å². The fourth-order valence-corrected chi connectivity index (χ4v) is 4.62. The highest BCUT2D eigenvalue weighted by Gasteiger charge is 2.15. The van der Waals surface area contributed by atoms with Crippen molar-refractivity contribution in [1.82, 2.24) is 4.98 Å². The third kappa shape index (κ3) is 5.69. The number of hydrogen-bond donors (Lipinski definition) is 3. The van der Waals surface area contributed by atoms with Crippen LogP contribution in [0.25, 0.3) is 21.7 Å². The summed E-state index contributed by atoms with van der Waals surface area (Å²) in [5, 5.41) is 24.0. The quantitative estimate of drug-likeness (QED) is 0.221. The average Bonchev–Trinajstić information content (AvgIpc) is 3.33. The van der Waals surface area contributed by atoms with Crippen LogP contribution in [0.4, 0.5) is 10.8 Å². The van der Waals surface area contributed by atoms with Gasteiger partial charge in [-0.05, 0) is 30.2 Å². The zero-order valence-corrected chi connectivity index (χ0v) is 19.9. The van der Waals surface area contributed by atoms with Gasteiger partial charge in [-0.3, -0.25) is 5.43 Å². The van der Waals surface area contributed by atoms with Gasteiger partial charge in [0.05, 0.1) is 29.5 Å². The maximum Gasteiger partial charge on any atom is 0.204 e. The molecule has 0 unspecified atom stereocenters. The summed E-state index contributed by atoms with van der Waals surface area (Å²) in [5.74, 6) is 0. The molecule has 1 aromatic heterocycles. The Morgan fingerprint density at radius 1 is 0.882 bits per heavy atom. The van der Waals surface area contributed by atoms with Crippen LogP contribution in [0.2, 0.25) is 0 Å². The normalized spacial score (nSPS) is 11.4. The van der Waals surface area contributed by atoms with E-state index in [1.807, 2.05) is 72.5 Å². The van der Waals surface area contributed by atoms with Crippen LogP contribution in [0, 0.1) is 0 Å². The molecule has 6 nitrogen and oxygen atoms in total. The van der Waals surface area contributed by atoms with E-state index in [0.717, 1.165) is 43.8 Å². The van der Waals surface area contributed by atoms with Crippen molar-refractivity contribution in [2.45, 2.75) is 6.92 Å². The fourth-order valence-electron chi connectivity index (χ4n) is 3.68. The predicted molar refractivity (Wildman–Crippen MR) is 142 cm³/mol. The predicted octanol–water partition coefficient (Wildman–Crippen LogP) is 5.10. The van der Waals surface area contributed by atoms with Gasteiger partial charge >= 0.3 is 0 Å². The Bertz CT molecular complexity index is 1160. The third-order valence-electron chi connectivity index (χ3n) is 5.40. The maximum absolute atomic E-state index is 9.34. The first-order valence-electron chi connectivity index (χ1n) is 11.2. The molecule has 0 aliphatic heterocycles. The second-order valence-electron chi connectivity index (χ2n) is 7.72. The molecule has 0 fully saturated rings. The van der Waals surface area contributed by atoms with Crippen LogP contribution in [0.1, 0.15) is 12.5 Å². The van der Waals surface area contributed by atoms with Crippen molar-refractivity contribution in [2.75, 3.05) is 36.6 Å². The number of rotatable bonds is 10. The Labute approximate surface area is 203 Å². The van der Waals surface area contributed by atoms with Gasteiger partial charge in [-0.25, -0.2) is 4.98 Å². The monoisotopic (exact) mass is 472 g/mol. The topological polar surface area (TPSA) is 81.0 Å². The molecule has 3 N–H and O–H groups in total. The molecule has 0 aliphatic carbocycles. The maximum atomic E-state index is 9.34. The molecule has 4 aromatic rings. The average molecular weight is 473 g/mol. The molecule has 0 spiro atoms. The van der Waals surface area contributed by atoms with Crippen molar-refractivity contribution in [2.24, 2.45) is 5.10 Å². The van der Waals surface area contributed by atoms with E-state index >= 15 is 0 Å². The summed E-state index contributed by atoms with van der Waals surface area (Å²) in [6.45, 7) is 2.91. The number of aromatic nitrogens is 1. The van der Waals surface area contributed by atoms with E-state index < -0.39 is 0 Å². The van der Waals surface area contributed by atoms with Gasteiger partial charge in [-0.2, -0.15) is 5.10 Å². The van der Waals surface area contributed by atoms with Gasteiger partial charge in [0.1, 0.15) is 0 Å². The Morgan fingerprint density at radius 2 is 1.53 bits per heavy atom. The van der Waals surface area contributed by atoms with Crippen LogP contribution in [-0.2, 0) is 0 Å². The lowest BCUT2D eigenvalue weighted by Crippen LogP contribution is -2.29. The highest BCUT2D eigenvalue weighted by atomic mass is 32.1. The van der Waals surface area contributed by atoms with Crippen molar-refractivity contribution in [3.8, 4) is 21.7 Å². The van der Waals surface area contributed by atoms with Crippen molar-refractivity contribution in [3.63, 3.8) is 0 Å². The van der Waals surface area contributed by atoms with Crippen LogP contribution >= 0.6 is 11.3 Å². The molecule has 0 aliphatic rings. The lowest BCUT2D eigenvalue weighted by molar-refractivity contribution is 0.281. The van der Waals surface area contributed by atoms with E-state index in [1.165, 1.54) is 0 Å². The number of nitrogens with one attached hydrogen (secondary N) is 1. The lowest BCUT2D eigenvalue weighted by atomic mass is 10.1. The van der Waals surface area contributed by atoms with E-state index in [-0.39, 0.29) is 13.2 Å². The lowest BCUT2D eigenvalue weighted by Gasteiger charge is -2.23. The summed E-state index contributed by atoms with van der Waals surface area (Å²) in [5.41, 5.74) is 8.95. The molecular formula is C27H28N4O2S. The molecule has 174 valence electrons. The Morgan fingerprint density at radius 3 is 2.18 bits per heavy atom. The van der Waals surface area contributed by atoms with Gasteiger partial charge in [0.2, 0.25) is 5.13 Å². The second-order valence-corrected chi connectivity index (χ2v) is 8.72. The number of nitrogens with zero attached hydrogens (tertiary/aromatic N) is 3. The molecule has 0 saturated carbocycles. The Kier molecular flexibility index (Phi) is 8.04. The number of anilines is 2. The van der Waals surface area contributed by atoms with E-state index in [2.05, 4.69) is 34.8 Å². The molecule has 7 heteroatoms. The summed E-state index contributed by atoms with van der Waals surface area (Å²) in [6.07, 6.45) is 0. The zero-order valence-electron chi connectivity index (χ0n) is 19.1. The van der Waals surface area contributed by atoms with Crippen molar-refractivity contribution >= 4 is 27.9 Å². The summed E-state index contributed by atoms with van der Waals surface area (Å²) >= 11 is 1.57. The van der Waals surface area contributed by atoms with Crippen LogP contribution in [0.15, 0.2) is 90.0 Å². The molecule has 3 aromatic carbocycles. The second kappa shape index (κ2) is 11.6. The SMILES string of the molecule is CC(=NNc1nc(-c2ccccc2)c(-c2ccccc2)s1)c1cccc(N(CCO)CCO)c1. The summed E-state index contributed by atoms with van der Waals surface area (Å²) in [4.78, 5) is 7.89. The first kappa shape index (κ1) is 23.6. The van der Waals surface area contributed by atoms with Gasteiger partial charge in [0.15, 0.2) is 0 Å². The molecule has 0 radical (unpaired) electrons. The first-order chi connectivity index (χ1) is 16.7. The van der Waals surface area contributed by atoms with Gasteiger partial charge in [0.25, 0.3) is 0 Å². The molecule has 1 heterocycles. The number of aliphatic hydroxyl groups is 2. The van der Waals surface area contributed by atoms with E-state index in [9.17, 15) is 10.2 Å². The largest absolute Gasteiger partial charge is 0.395 e. The standard InChI is InChI=1S/C27H28N4O2S/c1-20(23-13-8-14-24(19-23)31(15-17-32)16-18-33)29-30-27-28-25(21-9-4-2-5-10-21)26(34-27)22-11-6-3-7-12-22/h2-14,19,32-33H,15-18H2,1H3,(H,28,30). The molecule has 4 rings (SSSR count). The highest BCUT2D eigenvalue weighted by Crippen LogP contribution is 2.38. The molecular weight excluding hydrogens is 444 g/mol. The zero-order chi connectivity index (χ0) is 23.8. The Hall–Kier alpha value is -3.52. The number of hydrogen-bond acceptors (Lipinski definition) is 7. The minimum Gasteiger partial charge on any atom is -0.395 e. The van der Waals surface area contributed by atoms with Crippen LogP contribution < -0.4 is 10.3 Å². The van der Waals surface area contributed by atoms with E-state index in [0.29, 0.717) is 13.1 Å². The summed E-state index contributed by atoms with van der Waals surface area (Å²) < 4.78 is 0. The van der Waals surface area contributed by atoms with Gasteiger partial charge in [-0.15, -0.1) is 0 Å². The third-order valence-corrected chi connectivity index (χ3v) is 6.41. The number of aliphatic hydroxyl groups excluding tert-OH is 2. The van der Waals surface area contributed by atoms with Crippen molar-refractivity contribution in [3.05, 3.63) is 90.5 Å². The minimum atomic E-state index is 0.0242. The van der Waals surface area contributed by atoms with Crippen LogP contribution in [0.3, 0.4) is 0 Å². The van der Waals surface area contributed by atoms with Gasteiger partial charge in [0, 0.05) is 24.3 Å². The molecule has 0 atom stereocenters. The first-order valence-corrected chi connectivity index (χ1v) is 12.0. The minimum absolute atomic E-state index is 0.0242. The summed E-state index contributed by atoms with van der Waals surface area (Å²) in [7, 11) is 0. The molecule has 0 saturated heterocycles. The molecule has 34 heavy (non-hydrogen) atoms. The van der Waals surface area contributed by atoms with Crippen LogP contribution in [-0.4, -0.2) is 47.2 Å². The fraction of sp³-hybridized carbons (Fsp3) is 0.185.